The van der Waals surface area contributed by atoms with Crippen LogP contribution in [0.15, 0.2) is 24.5 Å². The first-order valence-corrected chi connectivity index (χ1v) is 5.01. The number of halogens is 1. The Morgan fingerprint density at radius 1 is 1.64 bits per heavy atom. The van der Waals surface area contributed by atoms with Gasteiger partial charge in [0.25, 0.3) is 0 Å². The number of pyridine rings is 1. The molecule has 2 rings (SSSR count). The Labute approximate surface area is 94.0 Å². The average molecular weight is 302 g/mol. The highest BCUT2D eigenvalue weighted by Crippen LogP contribution is 2.14. The Hall–Kier alpha value is -1.11. The van der Waals surface area contributed by atoms with E-state index in [4.69, 9.17) is 0 Å². The monoisotopic (exact) mass is 302 g/mol. The van der Waals surface area contributed by atoms with Gasteiger partial charge in [-0.25, -0.2) is 9.31 Å². The molecule has 5 heteroatoms. The van der Waals surface area contributed by atoms with E-state index in [1.807, 2.05) is 18.3 Å². The summed E-state index contributed by atoms with van der Waals surface area (Å²) in [5.74, 6) is -0.359. The number of carbonyl (C=O) groups is 1. The number of esters is 1. The van der Waals surface area contributed by atoms with Crippen LogP contribution in [0.1, 0.15) is 10.4 Å². The summed E-state index contributed by atoms with van der Waals surface area (Å²) in [5.41, 5.74) is 1.26. The van der Waals surface area contributed by atoms with Gasteiger partial charge in [-0.15, -0.1) is 0 Å². The molecule has 0 radical (unpaired) electrons. The standard InChI is InChI=1S/C9H7IN2O2/c1-14-9(13)7-5-11-12-3-2-6(10)4-8(7)12/h2-5H,1H3. The van der Waals surface area contributed by atoms with Gasteiger partial charge >= 0.3 is 5.97 Å². The normalized spacial score (nSPS) is 10.4. The van der Waals surface area contributed by atoms with E-state index in [-0.39, 0.29) is 5.97 Å². The number of aromatic nitrogens is 2. The minimum Gasteiger partial charge on any atom is -0.465 e. The van der Waals surface area contributed by atoms with E-state index < -0.39 is 0 Å². The summed E-state index contributed by atoms with van der Waals surface area (Å²) in [6, 6.07) is 3.81. The van der Waals surface area contributed by atoms with Crippen molar-refractivity contribution in [3.63, 3.8) is 0 Å². The summed E-state index contributed by atoms with van der Waals surface area (Å²) in [6.07, 6.45) is 3.32. The Morgan fingerprint density at radius 3 is 3.14 bits per heavy atom. The zero-order chi connectivity index (χ0) is 10.1. The molecular formula is C9H7IN2O2. The third-order valence-corrected chi connectivity index (χ3v) is 2.56. The predicted molar refractivity (Wildman–Crippen MR) is 59.2 cm³/mol. The van der Waals surface area contributed by atoms with Crippen LogP contribution in [0.3, 0.4) is 0 Å². The number of ether oxygens (including phenoxy) is 1. The number of fused-ring (bicyclic) bond motifs is 1. The molecule has 4 nitrogen and oxygen atoms in total. The first kappa shape index (κ1) is 9.45. The van der Waals surface area contributed by atoms with E-state index in [1.165, 1.54) is 13.3 Å². The van der Waals surface area contributed by atoms with E-state index in [1.54, 1.807) is 4.52 Å². The molecule has 0 bridgehead atoms. The second-order valence-electron chi connectivity index (χ2n) is 2.72. The molecule has 0 N–H and O–H groups in total. The molecule has 2 heterocycles. The summed E-state index contributed by atoms with van der Waals surface area (Å²) in [5, 5.41) is 4.04. The van der Waals surface area contributed by atoms with Crippen LogP contribution >= 0.6 is 22.6 Å². The zero-order valence-electron chi connectivity index (χ0n) is 7.40. The molecule has 0 aromatic carbocycles. The van der Waals surface area contributed by atoms with E-state index in [0.717, 1.165) is 9.09 Å². The number of nitrogens with zero attached hydrogens (tertiary/aromatic N) is 2. The maximum absolute atomic E-state index is 11.3. The largest absolute Gasteiger partial charge is 0.465 e. The fourth-order valence-corrected chi connectivity index (χ4v) is 1.68. The maximum Gasteiger partial charge on any atom is 0.341 e. The summed E-state index contributed by atoms with van der Waals surface area (Å²) >= 11 is 2.18. The van der Waals surface area contributed by atoms with Crippen LogP contribution in [0, 0.1) is 3.57 Å². The van der Waals surface area contributed by atoms with Gasteiger partial charge in [0.2, 0.25) is 0 Å². The lowest BCUT2D eigenvalue weighted by Gasteiger charge is -1.97. The van der Waals surface area contributed by atoms with Gasteiger partial charge in [-0.3, -0.25) is 0 Å². The molecule has 0 aliphatic heterocycles. The number of hydrogen-bond donors (Lipinski definition) is 0. The van der Waals surface area contributed by atoms with Gasteiger partial charge in [0.05, 0.1) is 18.8 Å². The minimum atomic E-state index is -0.359. The molecule has 0 atom stereocenters. The molecule has 0 unspecified atom stereocenters. The van der Waals surface area contributed by atoms with Crippen LogP contribution < -0.4 is 0 Å². The van der Waals surface area contributed by atoms with Crippen molar-refractivity contribution in [1.82, 2.24) is 9.61 Å². The third-order valence-electron chi connectivity index (χ3n) is 1.89. The molecule has 0 fully saturated rings. The van der Waals surface area contributed by atoms with Crippen molar-refractivity contribution in [2.24, 2.45) is 0 Å². The maximum atomic E-state index is 11.3. The van der Waals surface area contributed by atoms with Gasteiger partial charge < -0.3 is 4.74 Å². The van der Waals surface area contributed by atoms with Crippen LogP contribution in [0.5, 0.6) is 0 Å². The molecule has 0 aliphatic carbocycles. The molecule has 0 spiro atoms. The van der Waals surface area contributed by atoms with E-state index in [2.05, 4.69) is 32.4 Å². The Kier molecular flexibility index (Phi) is 2.40. The first-order chi connectivity index (χ1) is 6.72. The van der Waals surface area contributed by atoms with Crippen LogP contribution in [-0.2, 0) is 4.74 Å². The number of carbonyl (C=O) groups excluding carboxylic acids is 1. The summed E-state index contributed by atoms with van der Waals surface area (Å²) in [6.45, 7) is 0. The molecule has 14 heavy (non-hydrogen) atoms. The Bertz CT molecular complexity index is 493. The van der Waals surface area contributed by atoms with Crippen LogP contribution in [0.25, 0.3) is 5.52 Å². The van der Waals surface area contributed by atoms with Gasteiger partial charge in [0, 0.05) is 9.77 Å². The van der Waals surface area contributed by atoms with Crippen molar-refractivity contribution in [3.8, 4) is 0 Å². The second-order valence-corrected chi connectivity index (χ2v) is 3.97. The predicted octanol–water partition coefficient (Wildman–Crippen LogP) is 1.73. The smallest absolute Gasteiger partial charge is 0.341 e. The van der Waals surface area contributed by atoms with E-state index in [0.29, 0.717) is 5.56 Å². The van der Waals surface area contributed by atoms with Crippen molar-refractivity contribution in [1.29, 1.82) is 0 Å². The molecule has 2 aromatic heterocycles. The van der Waals surface area contributed by atoms with Crippen molar-refractivity contribution in [2.75, 3.05) is 7.11 Å². The molecule has 2 aromatic rings. The van der Waals surface area contributed by atoms with Crippen LogP contribution in [-0.4, -0.2) is 22.7 Å². The molecule has 0 saturated carbocycles. The highest BCUT2D eigenvalue weighted by Gasteiger charge is 2.12. The average Bonchev–Trinajstić information content (AvgIpc) is 2.59. The first-order valence-electron chi connectivity index (χ1n) is 3.93. The van der Waals surface area contributed by atoms with Gasteiger partial charge in [-0.2, -0.15) is 5.10 Å². The summed E-state index contributed by atoms with van der Waals surface area (Å²) in [4.78, 5) is 11.3. The van der Waals surface area contributed by atoms with Gasteiger partial charge in [-0.1, -0.05) is 0 Å². The third kappa shape index (κ3) is 1.47. The SMILES string of the molecule is COC(=O)c1cnn2ccc(I)cc12. The molecule has 0 aliphatic rings. The lowest BCUT2D eigenvalue weighted by atomic mass is 10.3. The quantitative estimate of drug-likeness (QED) is 0.595. The second kappa shape index (κ2) is 3.56. The number of rotatable bonds is 1. The van der Waals surface area contributed by atoms with Crippen molar-refractivity contribution < 1.29 is 9.53 Å². The lowest BCUT2D eigenvalue weighted by molar-refractivity contribution is 0.0603. The Balaban J connectivity index is 2.67. The minimum absolute atomic E-state index is 0.359. The van der Waals surface area contributed by atoms with Crippen molar-refractivity contribution in [3.05, 3.63) is 33.7 Å². The van der Waals surface area contributed by atoms with Gasteiger partial charge in [-0.05, 0) is 34.7 Å². The van der Waals surface area contributed by atoms with Crippen molar-refractivity contribution in [2.45, 2.75) is 0 Å². The van der Waals surface area contributed by atoms with Crippen LogP contribution in [0.2, 0.25) is 0 Å². The summed E-state index contributed by atoms with van der Waals surface area (Å²) in [7, 11) is 1.36. The van der Waals surface area contributed by atoms with E-state index in [9.17, 15) is 4.79 Å². The zero-order valence-corrected chi connectivity index (χ0v) is 9.56. The highest BCUT2D eigenvalue weighted by atomic mass is 127. The molecular weight excluding hydrogens is 295 g/mol. The van der Waals surface area contributed by atoms with E-state index >= 15 is 0 Å². The van der Waals surface area contributed by atoms with Crippen LogP contribution in [0.4, 0.5) is 0 Å². The topological polar surface area (TPSA) is 43.6 Å². The van der Waals surface area contributed by atoms with Gasteiger partial charge in [0.1, 0.15) is 5.56 Å². The highest BCUT2D eigenvalue weighted by molar-refractivity contribution is 14.1. The molecule has 0 amide bonds. The van der Waals surface area contributed by atoms with Gasteiger partial charge in [0.15, 0.2) is 0 Å². The lowest BCUT2D eigenvalue weighted by Crippen LogP contribution is -2.00. The summed E-state index contributed by atoms with van der Waals surface area (Å²) < 4.78 is 7.35. The Morgan fingerprint density at radius 2 is 2.43 bits per heavy atom. The number of methoxy groups -OCH3 is 1. The fraction of sp³-hybridized carbons (Fsp3) is 0.111. The fourth-order valence-electron chi connectivity index (χ4n) is 1.22. The van der Waals surface area contributed by atoms with Crippen molar-refractivity contribution >= 4 is 34.1 Å². The molecule has 0 saturated heterocycles. The number of hydrogen-bond acceptors (Lipinski definition) is 3. The molecule has 72 valence electrons.